The van der Waals surface area contributed by atoms with Crippen molar-refractivity contribution in [2.75, 3.05) is 12.3 Å². The molecule has 3 atom stereocenters. The maximum Gasteiger partial charge on any atom is 0.241 e. The molecule has 1 amide bonds. The molecule has 3 nitrogen and oxygen atoms in total. The minimum absolute atomic E-state index is 0.0364. The predicted octanol–water partition coefficient (Wildman–Crippen LogP) is 3.02. The lowest BCUT2D eigenvalue weighted by Gasteiger charge is -2.28. The van der Waals surface area contributed by atoms with Crippen LogP contribution in [0.25, 0.3) is 0 Å². The first-order chi connectivity index (χ1) is 10.1. The Bertz CT molecular complexity index is 540. The molecule has 114 valence electrons. The van der Waals surface area contributed by atoms with Crippen molar-refractivity contribution in [1.82, 2.24) is 10.2 Å². The standard InChI is InChI=1S/C17H24N2OS/c1-11-6-7-15(12(2)9-11)16-18-13(3)17(20)19(16)10-14-5-4-8-21-14/h6-7,9,13-14,16,18H,4-5,8,10H2,1-3H3. The van der Waals surface area contributed by atoms with Gasteiger partial charge in [0.05, 0.1) is 6.04 Å². The fourth-order valence-corrected chi connectivity index (χ4v) is 4.63. The van der Waals surface area contributed by atoms with E-state index in [0.717, 1.165) is 6.54 Å². The van der Waals surface area contributed by atoms with Crippen LogP contribution < -0.4 is 5.32 Å². The van der Waals surface area contributed by atoms with Gasteiger partial charge in [-0.15, -0.1) is 0 Å². The molecule has 21 heavy (non-hydrogen) atoms. The average molecular weight is 304 g/mol. The Morgan fingerprint density at radius 1 is 1.38 bits per heavy atom. The van der Waals surface area contributed by atoms with Crippen molar-refractivity contribution in [2.45, 2.75) is 51.1 Å². The van der Waals surface area contributed by atoms with E-state index in [1.165, 1.54) is 35.3 Å². The van der Waals surface area contributed by atoms with Crippen LogP contribution in [0, 0.1) is 13.8 Å². The summed E-state index contributed by atoms with van der Waals surface area (Å²) in [7, 11) is 0. The molecule has 0 spiro atoms. The molecule has 0 saturated carbocycles. The number of rotatable bonds is 3. The molecule has 0 aromatic heterocycles. The zero-order valence-electron chi connectivity index (χ0n) is 13.1. The van der Waals surface area contributed by atoms with E-state index < -0.39 is 0 Å². The Kier molecular flexibility index (Phi) is 4.27. The number of hydrogen-bond acceptors (Lipinski definition) is 3. The maximum atomic E-state index is 12.5. The lowest BCUT2D eigenvalue weighted by molar-refractivity contribution is -0.129. The Morgan fingerprint density at radius 2 is 2.19 bits per heavy atom. The smallest absolute Gasteiger partial charge is 0.241 e. The SMILES string of the molecule is Cc1ccc(C2NC(C)C(=O)N2CC2CCCS2)c(C)c1. The van der Waals surface area contributed by atoms with Crippen LogP contribution in [0.3, 0.4) is 0 Å². The Balaban J connectivity index is 1.85. The number of thioether (sulfide) groups is 1. The van der Waals surface area contributed by atoms with Gasteiger partial charge in [0.25, 0.3) is 0 Å². The van der Waals surface area contributed by atoms with Gasteiger partial charge >= 0.3 is 0 Å². The molecular weight excluding hydrogens is 280 g/mol. The molecule has 1 N–H and O–H groups in total. The second-order valence-corrected chi connectivity index (χ2v) is 7.68. The summed E-state index contributed by atoms with van der Waals surface area (Å²) in [4.78, 5) is 14.6. The quantitative estimate of drug-likeness (QED) is 0.931. The molecule has 0 radical (unpaired) electrons. The van der Waals surface area contributed by atoms with Gasteiger partial charge in [-0.25, -0.2) is 0 Å². The summed E-state index contributed by atoms with van der Waals surface area (Å²) in [6.45, 7) is 7.10. The van der Waals surface area contributed by atoms with Crippen molar-refractivity contribution in [1.29, 1.82) is 0 Å². The monoisotopic (exact) mass is 304 g/mol. The van der Waals surface area contributed by atoms with E-state index in [1.54, 1.807) is 0 Å². The van der Waals surface area contributed by atoms with Crippen LogP contribution in [0.1, 0.15) is 42.6 Å². The highest BCUT2D eigenvalue weighted by Crippen LogP contribution is 2.33. The summed E-state index contributed by atoms with van der Waals surface area (Å²) < 4.78 is 0. The minimum Gasteiger partial charge on any atom is -0.320 e. The van der Waals surface area contributed by atoms with Crippen molar-refractivity contribution in [3.8, 4) is 0 Å². The predicted molar refractivity (Wildman–Crippen MR) is 88.4 cm³/mol. The van der Waals surface area contributed by atoms with Gasteiger partial charge in [0.2, 0.25) is 5.91 Å². The molecule has 1 aromatic rings. The first kappa shape index (κ1) is 14.9. The number of hydrogen-bond donors (Lipinski definition) is 1. The highest BCUT2D eigenvalue weighted by atomic mass is 32.2. The van der Waals surface area contributed by atoms with Gasteiger partial charge < -0.3 is 4.90 Å². The summed E-state index contributed by atoms with van der Waals surface area (Å²) in [6.07, 6.45) is 2.56. The third-order valence-electron chi connectivity index (χ3n) is 4.52. The van der Waals surface area contributed by atoms with Crippen LogP contribution in [-0.4, -0.2) is 34.4 Å². The molecule has 4 heteroatoms. The molecule has 2 aliphatic rings. The van der Waals surface area contributed by atoms with Crippen molar-refractivity contribution in [2.24, 2.45) is 0 Å². The minimum atomic E-state index is -0.0814. The molecule has 0 aliphatic carbocycles. The van der Waals surface area contributed by atoms with Gasteiger partial charge in [-0.3, -0.25) is 10.1 Å². The molecule has 2 fully saturated rings. The van der Waals surface area contributed by atoms with Crippen molar-refractivity contribution < 1.29 is 4.79 Å². The Morgan fingerprint density at radius 3 is 2.86 bits per heavy atom. The number of nitrogens with zero attached hydrogens (tertiary/aromatic N) is 1. The number of aryl methyl sites for hydroxylation is 2. The lowest BCUT2D eigenvalue weighted by Crippen LogP contribution is -2.35. The van der Waals surface area contributed by atoms with Crippen LogP contribution >= 0.6 is 11.8 Å². The van der Waals surface area contributed by atoms with E-state index in [4.69, 9.17) is 0 Å². The van der Waals surface area contributed by atoms with Crippen molar-refractivity contribution >= 4 is 17.7 Å². The molecule has 2 saturated heterocycles. The van der Waals surface area contributed by atoms with Crippen molar-refractivity contribution in [3.63, 3.8) is 0 Å². The highest BCUT2D eigenvalue weighted by Gasteiger charge is 2.39. The third kappa shape index (κ3) is 2.97. The zero-order valence-corrected chi connectivity index (χ0v) is 13.9. The number of amides is 1. The summed E-state index contributed by atoms with van der Waals surface area (Å²) in [5.74, 6) is 1.48. The number of benzene rings is 1. The topological polar surface area (TPSA) is 32.3 Å². The van der Waals surface area contributed by atoms with Gasteiger partial charge in [0.15, 0.2) is 0 Å². The molecule has 3 rings (SSSR count). The molecular formula is C17H24N2OS. The second kappa shape index (κ2) is 6.01. The van der Waals surface area contributed by atoms with E-state index in [1.807, 2.05) is 18.7 Å². The largest absolute Gasteiger partial charge is 0.320 e. The second-order valence-electron chi connectivity index (χ2n) is 6.28. The summed E-state index contributed by atoms with van der Waals surface area (Å²) in [5, 5.41) is 4.08. The summed E-state index contributed by atoms with van der Waals surface area (Å²) in [6, 6.07) is 6.43. The van der Waals surface area contributed by atoms with Crippen molar-refractivity contribution in [3.05, 3.63) is 34.9 Å². The molecule has 1 aromatic carbocycles. The van der Waals surface area contributed by atoms with E-state index in [-0.39, 0.29) is 18.1 Å². The van der Waals surface area contributed by atoms with Crippen LogP contribution in [0.15, 0.2) is 18.2 Å². The van der Waals surface area contributed by atoms with Gasteiger partial charge in [-0.05, 0) is 50.5 Å². The van der Waals surface area contributed by atoms with Crippen LogP contribution in [0.4, 0.5) is 0 Å². The Labute approximate surface area is 131 Å². The normalized spacial score (nSPS) is 29.4. The van der Waals surface area contributed by atoms with E-state index in [0.29, 0.717) is 5.25 Å². The van der Waals surface area contributed by atoms with Crippen LogP contribution in [0.2, 0.25) is 0 Å². The fraction of sp³-hybridized carbons (Fsp3) is 0.588. The summed E-state index contributed by atoms with van der Waals surface area (Å²) in [5.41, 5.74) is 3.77. The molecule has 0 bridgehead atoms. The first-order valence-corrected chi connectivity index (χ1v) is 8.86. The maximum absolute atomic E-state index is 12.5. The fourth-order valence-electron chi connectivity index (χ4n) is 3.37. The van der Waals surface area contributed by atoms with Gasteiger partial charge in [0, 0.05) is 11.8 Å². The molecule has 2 heterocycles. The number of nitrogens with one attached hydrogen (secondary N) is 1. The van der Waals surface area contributed by atoms with E-state index in [2.05, 4.69) is 42.3 Å². The highest BCUT2D eigenvalue weighted by molar-refractivity contribution is 8.00. The van der Waals surface area contributed by atoms with Gasteiger partial charge in [-0.1, -0.05) is 23.8 Å². The number of carbonyl (C=O) groups is 1. The molecule has 2 aliphatic heterocycles. The lowest BCUT2D eigenvalue weighted by atomic mass is 10.0. The number of carbonyl (C=O) groups excluding carboxylic acids is 1. The average Bonchev–Trinajstić information content (AvgIpc) is 3.03. The molecule has 3 unspecified atom stereocenters. The van der Waals surface area contributed by atoms with E-state index >= 15 is 0 Å². The van der Waals surface area contributed by atoms with Gasteiger partial charge in [-0.2, -0.15) is 11.8 Å². The van der Waals surface area contributed by atoms with Crippen LogP contribution in [0.5, 0.6) is 0 Å². The zero-order chi connectivity index (χ0) is 15.0. The van der Waals surface area contributed by atoms with Crippen LogP contribution in [-0.2, 0) is 4.79 Å². The van der Waals surface area contributed by atoms with Gasteiger partial charge in [0.1, 0.15) is 6.17 Å². The van der Waals surface area contributed by atoms with E-state index in [9.17, 15) is 4.79 Å². The summed E-state index contributed by atoms with van der Waals surface area (Å²) >= 11 is 2.01. The first-order valence-electron chi connectivity index (χ1n) is 7.81. The Hall–Kier alpha value is -1.00. The third-order valence-corrected chi connectivity index (χ3v) is 5.90.